The first-order chi connectivity index (χ1) is 29.6. The van der Waals surface area contributed by atoms with Gasteiger partial charge in [0.15, 0.2) is 0 Å². The van der Waals surface area contributed by atoms with E-state index in [4.69, 9.17) is 28.5 Å². The van der Waals surface area contributed by atoms with Gasteiger partial charge in [0.05, 0.1) is 52.0 Å². The van der Waals surface area contributed by atoms with Crippen molar-refractivity contribution in [3.05, 3.63) is 95.6 Å². The van der Waals surface area contributed by atoms with Crippen molar-refractivity contribution in [3.63, 3.8) is 0 Å². The molecule has 5 rings (SSSR count). The number of hydrogen-bond acceptors (Lipinski definition) is 10. The number of urea groups is 1. The molecule has 0 aliphatic carbocycles. The van der Waals surface area contributed by atoms with Crippen LogP contribution in [0.1, 0.15) is 102 Å². The molecule has 0 saturated carbocycles. The van der Waals surface area contributed by atoms with E-state index in [0.717, 1.165) is 78.9 Å². The van der Waals surface area contributed by atoms with Gasteiger partial charge in [0.2, 0.25) is 5.91 Å². The molecule has 12 nitrogen and oxygen atoms in total. The number of ether oxygens (including phenoxy) is 3. The first-order valence-electron chi connectivity index (χ1n) is 21.8. The van der Waals surface area contributed by atoms with Crippen molar-refractivity contribution in [1.82, 2.24) is 20.2 Å². The highest BCUT2D eigenvalue weighted by atomic mass is 32.2. The fourth-order valence-corrected chi connectivity index (χ4v) is 11.4. The van der Waals surface area contributed by atoms with Gasteiger partial charge in [0.25, 0.3) is 8.53 Å². The zero-order chi connectivity index (χ0) is 43.6. The average Bonchev–Trinajstić information content (AvgIpc) is 3.81. The zero-order valence-corrected chi connectivity index (χ0v) is 38.6. The van der Waals surface area contributed by atoms with Gasteiger partial charge < -0.3 is 33.9 Å². The Morgan fingerprint density at radius 2 is 1.48 bits per heavy atom. The van der Waals surface area contributed by atoms with Crippen molar-refractivity contribution in [3.8, 4) is 17.6 Å². The van der Waals surface area contributed by atoms with Gasteiger partial charge in [-0.1, -0.05) is 73.9 Å². The van der Waals surface area contributed by atoms with Crippen LogP contribution in [0.5, 0.6) is 11.5 Å². The van der Waals surface area contributed by atoms with Crippen LogP contribution in [0.15, 0.2) is 78.9 Å². The monoisotopic (exact) mass is 875 g/mol. The predicted octanol–water partition coefficient (Wildman–Crippen LogP) is 9.38. The number of carbonyl (C=O) groups excluding carboxylic acids is 2. The van der Waals surface area contributed by atoms with E-state index in [1.807, 2.05) is 83.4 Å². The van der Waals surface area contributed by atoms with E-state index < -0.39 is 14.1 Å². The molecular weight excluding hydrogens is 810 g/mol. The largest absolute Gasteiger partial charge is 0.497 e. The van der Waals surface area contributed by atoms with Crippen LogP contribution >= 0.6 is 20.3 Å². The lowest BCUT2D eigenvalue weighted by molar-refractivity contribution is -0.121. The van der Waals surface area contributed by atoms with Gasteiger partial charge in [-0.05, 0) is 94.3 Å². The van der Waals surface area contributed by atoms with Crippen LogP contribution in [0.25, 0.3) is 0 Å². The number of methoxy groups -OCH3 is 2. The number of hydrogen-bond donors (Lipinski definition) is 2. The van der Waals surface area contributed by atoms with Gasteiger partial charge >= 0.3 is 6.03 Å². The van der Waals surface area contributed by atoms with Gasteiger partial charge in [-0.25, -0.2) is 9.46 Å². The van der Waals surface area contributed by atoms with Gasteiger partial charge in [-0.15, -0.1) is 0 Å². The Morgan fingerprint density at radius 3 is 2.08 bits per heavy atom. The maximum absolute atomic E-state index is 13.6. The lowest BCUT2D eigenvalue weighted by Crippen LogP contribution is -2.43. The van der Waals surface area contributed by atoms with Crippen LogP contribution in [-0.4, -0.2) is 97.4 Å². The van der Waals surface area contributed by atoms with Crippen LogP contribution < -0.4 is 20.1 Å². The number of nitrogens with one attached hydrogen (secondary N) is 2. The molecule has 2 saturated heterocycles. The van der Waals surface area contributed by atoms with Crippen LogP contribution in [0, 0.1) is 11.3 Å². The predicted molar refractivity (Wildman–Crippen MR) is 244 cm³/mol. The quantitative estimate of drug-likeness (QED) is 0.0330. The van der Waals surface area contributed by atoms with Crippen molar-refractivity contribution in [2.24, 2.45) is 0 Å². The highest BCUT2D eigenvalue weighted by Crippen LogP contribution is 2.46. The molecule has 0 spiro atoms. The standard InChI is InChI=1S/C47H66N5O7PS/c1-35(2)52(36(3)4)60(59-32-16-29-48)58-31-15-8-7-14-30-49-44(53)20-13-12-19-43-45-42(33-61-43)51(46(54)50-45)34-57-47(37-17-10-9-11-18-37,38-21-25-40(55-5)26-22-38)39-23-27-41(56-6)28-24-39/h9-11,17-18,21-28,35-36,42-43,45H,7-8,12-16,19-20,30-34H2,1-6H3,(H,49,53)(H,50,54)/t42-,43-,45-,60?/m0/s1. The van der Waals surface area contributed by atoms with E-state index in [1.54, 1.807) is 14.2 Å². The number of amides is 3. The third kappa shape index (κ3) is 13.1. The Bertz CT molecular complexity index is 1760. The molecule has 3 aromatic rings. The highest BCUT2D eigenvalue weighted by molar-refractivity contribution is 8.00. The first-order valence-corrected chi connectivity index (χ1v) is 24.0. The Balaban J connectivity index is 1.06. The summed E-state index contributed by atoms with van der Waals surface area (Å²) >= 11 is 1.89. The molecule has 2 fully saturated rings. The fourth-order valence-electron chi connectivity index (χ4n) is 8.17. The van der Waals surface area contributed by atoms with E-state index in [1.165, 1.54) is 0 Å². The van der Waals surface area contributed by atoms with Crippen molar-refractivity contribution < 1.29 is 32.8 Å². The number of rotatable bonds is 27. The molecule has 2 N–H and O–H groups in total. The summed E-state index contributed by atoms with van der Waals surface area (Å²) in [6.45, 7) is 10.3. The topological polar surface area (TPSA) is 135 Å². The first kappa shape index (κ1) is 48.1. The van der Waals surface area contributed by atoms with Crippen LogP contribution in [0.3, 0.4) is 0 Å². The lowest BCUT2D eigenvalue weighted by Gasteiger charge is -2.37. The summed E-state index contributed by atoms with van der Waals surface area (Å²) < 4.78 is 32.5. The fraction of sp³-hybridized carbons (Fsp3) is 0.553. The van der Waals surface area contributed by atoms with Crippen LogP contribution in [-0.2, 0) is 24.2 Å². The van der Waals surface area contributed by atoms with E-state index in [-0.39, 0.29) is 48.1 Å². The number of nitrogens with zero attached hydrogens (tertiary/aromatic N) is 3. The van der Waals surface area contributed by atoms with E-state index in [0.29, 0.717) is 32.6 Å². The van der Waals surface area contributed by atoms with Gasteiger partial charge in [-0.3, -0.25) is 9.69 Å². The average molecular weight is 876 g/mol. The molecule has 0 aromatic heterocycles. The smallest absolute Gasteiger partial charge is 0.319 e. The number of carbonyl (C=O) groups is 2. The number of unbranched alkanes of at least 4 members (excludes halogenated alkanes) is 4. The minimum Gasteiger partial charge on any atom is -0.497 e. The zero-order valence-electron chi connectivity index (χ0n) is 36.8. The van der Waals surface area contributed by atoms with E-state index in [2.05, 4.69) is 61.2 Å². The Morgan fingerprint density at radius 1 is 0.869 bits per heavy atom. The summed E-state index contributed by atoms with van der Waals surface area (Å²) in [5.41, 5.74) is 1.74. The Hall–Kier alpha value is -3.89. The molecule has 3 aromatic carbocycles. The second-order valence-electron chi connectivity index (χ2n) is 16.1. The maximum atomic E-state index is 13.6. The summed E-state index contributed by atoms with van der Waals surface area (Å²) in [7, 11) is 2.09. The molecule has 2 aliphatic heterocycles. The number of nitriles is 1. The van der Waals surface area contributed by atoms with Gasteiger partial charge in [0.1, 0.15) is 23.8 Å². The van der Waals surface area contributed by atoms with Crippen molar-refractivity contribution in [1.29, 1.82) is 5.26 Å². The maximum Gasteiger partial charge on any atom is 0.319 e. The number of thioether (sulfide) groups is 1. The molecule has 4 atom stereocenters. The normalized spacial score (nSPS) is 18.0. The van der Waals surface area contributed by atoms with Crippen LogP contribution in [0.2, 0.25) is 0 Å². The Kier molecular flexibility index (Phi) is 19.5. The van der Waals surface area contributed by atoms with Crippen molar-refractivity contribution in [2.75, 3.05) is 46.5 Å². The summed E-state index contributed by atoms with van der Waals surface area (Å²) in [6.07, 6.45) is 7.39. The minimum absolute atomic E-state index is 0.00232. The molecule has 332 valence electrons. The van der Waals surface area contributed by atoms with Gasteiger partial charge in [0, 0.05) is 36.1 Å². The van der Waals surface area contributed by atoms with Crippen molar-refractivity contribution in [2.45, 2.75) is 121 Å². The SMILES string of the molecule is COc1ccc(C(OCN2C(=O)N[C@@H]3[C@H](CCCCC(=O)NCCCCCCOP(OCCC#N)N(C(C)C)C(C)C)SC[C@@H]32)(c2ccccc2)c2ccc(OC)cc2)cc1. The molecular formula is C47H66N5O7PS. The molecule has 1 unspecified atom stereocenters. The summed E-state index contributed by atoms with van der Waals surface area (Å²) in [5.74, 6) is 2.40. The molecule has 0 radical (unpaired) electrons. The van der Waals surface area contributed by atoms with Crippen molar-refractivity contribution >= 4 is 32.2 Å². The Labute approximate surface area is 369 Å². The molecule has 3 amide bonds. The summed E-state index contributed by atoms with van der Waals surface area (Å²) in [6, 6.07) is 28.5. The highest BCUT2D eigenvalue weighted by Gasteiger charge is 2.49. The number of benzene rings is 3. The molecule has 2 heterocycles. The lowest BCUT2D eigenvalue weighted by atomic mass is 9.80. The number of fused-ring (bicyclic) bond motifs is 1. The van der Waals surface area contributed by atoms with Gasteiger partial charge in [-0.2, -0.15) is 17.0 Å². The van der Waals surface area contributed by atoms with Crippen LogP contribution in [0.4, 0.5) is 4.79 Å². The second-order valence-corrected chi connectivity index (χ2v) is 18.8. The van der Waals surface area contributed by atoms with E-state index in [9.17, 15) is 9.59 Å². The summed E-state index contributed by atoms with van der Waals surface area (Å²) in [4.78, 5) is 28.1. The third-order valence-corrected chi connectivity index (χ3v) is 14.8. The summed E-state index contributed by atoms with van der Waals surface area (Å²) in [5, 5.41) is 15.6. The molecule has 2 aliphatic rings. The second kappa shape index (κ2) is 24.7. The van der Waals surface area contributed by atoms with E-state index >= 15 is 0 Å². The molecule has 14 heteroatoms. The minimum atomic E-state index is -1.21. The molecule has 0 bridgehead atoms. The third-order valence-electron chi connectivity index (χ3n) is 11.2. The molecule has 61 heavy (non-hydrogen) atoms.